The van der Waals surface area contributed by atoms with Gasteiger partial charge in [-0.2, -0.15) is 4.39 Å². The first-order valence-electron chi connectivity index (χ1n) is 8.83. The van der Waals surface area contributed by atoms with E-state index in [0.717, 1.165) is 6.07 Å². The lowest BCUT2D eigenvalue weighted by Crippen LogP contribution is -2.27. The maximum Gasteiger partial charge on any atom is 0.305 e. The topological polar surface area (TPSA) is 72.7 Å². The highest BCUT2D eigenvalue weighted by molar-refractivity contribution is 8.00. The number of ether oxygens (including phenoxy) is 1. The molecule has 0 aromatic heterocycles. The van der Waals surface area contributed by atoms with Gasteiger partial charge in [0.05, 0.1) is 10.7 Å². The van der Waals surface area contributed by atoms with Gasteiger partial charge in [-0.1, -0.05) is 17.7 Å². The molecule has 1 aliphatic rings. The average Bonchev–Trinajstić information content (AvgIpc) is 3.12. The number of carbonyl (C=O) groups excluding carboxylic acids is 1. The lowest BCUT2D eigenvalue weighted by Gasteiger charge is -2.24. The molecule has 1 aliphatic heterocycles. The van der Waals surface area contributed by atoms with Crippen molar-refractivity contribution in [1.82, 2.24) is 0 Å². The van der Waals surface area contributed by atoms with Crippen LogP contribution < -0.4 is 9.64 Å². The minimum atomic E-state index is -0.909. The van der Waals surface area contributed by atoms with E-state index in [4.69, 9.17) is 16.3 Å². The fraction of sp³-hybridized carbons (Fsp3) is 0.0952. The summed E-state index contributed by atoms with van der Waals surface area (Å²) in [4.78, 5) is 24.4. The van der Waals surface area contributed by atoms with E-state index in [1.165, 1.54) is 23.9 Å². The molecule has 4 rings (SSSR count). The minimum Gasteiger partial charge on any atom is -0.457 e. The molecule has 1 saturated heterocycles. The standard InChI is InChI=1S/C21H14ClFN2O4S/c22-14-2-6-16(7-3-14)29-17-8-4-15(5-9-17)24-20(26)12-30-21(24)13-1-10-18(23)19(11-13)25(27)28/h1-11,21H,12H2. The van der Waals surface area contributed by atoms with Crippen molar-refractivity contribution in [3.8, 4) is 11.5 Å². The fourth-order valence-electron chi connectivity index (χ4n) is 3.09. The third kappa shape index (κ3) is 4.10. The second-order valence-corrected chi connectivity index (χ2v) is 7.95. The number of halogens is 2. The smallest absolute Gasteiger partial charge is 0.305 e. The Morgan fingerprint density at radius 1 is 1.07 bits per heavy atom. The van der Waals surface area contributed by atoms with Gasteiger partial charge in [0.15, 0.2) is 0 Å². The molecule has 0 bridgehead atoms. The summed E-state index contributed by atoms with van der Waals surface area (Å²) in [6.45, 7) is 0. The highest BCUT2D eigenvalue weighted by Gasteiger charge is 2.35. The Hall–Kier alpha value is -3.10. The number of hydrogen-bond acceptors (Lipinski definition) is 5. The number of thioether (sulfide) groups is 1. The van der Waals surface area contributed by atoms with Crippen molar-refractivity contribution >= 4 is 40.6 Å². The first-order chi connectivity index (χ1) is 14.4. The summed E-state index contributed by atoms with van der Waals surface area (Å²) in [7, 11) is 0. The van der Waals surface area contributed by atoms with Crippen LogP contribution in [0.25, 0.3) is 0 Å². The normalized spacial score (nSPS) is 16.0. The number of nitro benzene ring substituents is 1. The summed E-state index contributed by atoms with van der Waals surface area (Å²) >= 11 is 7.20. The van der Waals surface area contributed by atoms with Gasteiger partial charge < -0.3 is 4.74 Å². The van der Waals surface area contributed by atoms with E-state index in [2.05, 4.69) is 0 Å². The lowest BCUT2D eigenvalue weighted by molar-refractivity contribution is -0.387. The van der Waals surface area contributed by atoms with Crippen molar-refractivity contribution in [2.24, 2.45) is 0 Å². The van der Waals surface area contributed by atoms with Crippen LogP contribution in [0.3, 0.4) is 0 Å². The highest BCUT2D eigenvalue weighted by Crippen LogP contribution is 2.43. The van der Waals surface area contributed by atoms with Crippen LogP contribution in [0.5, 0.6) is 11.5 Å². The molecule has 3 aromatic rings. The Morgan fingerprint density at radius 3 is 2.33 bits per heavy atom. The van der Waals surface area contributed by atoms with Gasteiger partial charge in [0, 0.05) is 16.8 Å². The highest BCUT2D eigenvalue weighted by atomic mass is 35.5. The van der Waals surface area contributed by atoms with Crippen molar-refractivity contribution in [2.75, 3.05) is 10.7 Å². The van der Waals surface area contributed by atoms with Gasteiger partial charge in [-0.05, 0) is 60.2 Å². The molecule has 0 saturated carbocycles. The summed E-state index contributed by atoms with van der Waals surface area (Å²) in [6.07, 6.45) is 0. The van der Waals surface area contributed by atoms with Gasteiger partial charge in [0.25, 0.3) is 0 Å². The van der Waals surface area contributed by atoms with E-state index in [0.29, 0.717) is 27.8 Å². The van der Waals surface area contributed by atoms with Crippen molar-refractivity contribution in [3.05, 3.63) is 93.2 Å². The number of nitro groups is 1. The van der Waals surface area contributed by atoms with Crippen LogP contribution in [0.15, 0.2) is 66.7 Å². The molecule has 0 radical (unpaired) electrons. The van der Waals surface area contributed by atoms with Crippen LogP contribution in [-0.2, 0) is 4.79 Å². The van der Waals surface area contributed by atoms with E-state index in [9.17, 15) is 19.3 Å². The Kier molecular flexibility index (Phi) is 5.61. The molecular formula is C21H14ClFN2O4S. The monoisotopic (exact) mass is 444 g/mol. The molecule has 0 spiro atoms. The molecule has 3 aromatic carbocycles. The quantitative estimate of drug-likeness (QED) is 0.358. The first-order valence-corrected chi connectivity index (χ1v) is 10.3. The number of rotatable bonds is 5. The van der Waals surface area contributed by atoms with Gasteiger partial charge in [-0.15, -0.1) is 11.8 Å². The number of benzene rings is 3. The molecular weight excluding hydrogens is 431 g/mol. The van der Waals surface area contributed by atoms with Crippen molar-refractivity contribution < 1.29 is 18.8 Å². The summed E-state index contributed by atoms with van der Waals surface area (Å²) in [5.74, 6) is 0.376. The number of anilines is 1. The molecule has 152 valence electrons. The molecule has 9 heteroatoms. The zero-order valence-corrected chi connectivity index (χ0v) is 16.9. The SMILES string of the molecule is O=C1CSC(c2ccc(F)c([N+](=O)[O-])c2)N1c1ccc(Oc2ccc(Cl)cc2)cc1. The van der Waals surface area contributed by atoms with Crippen LogP contribution >= 0.6 is 23.4 Å². The lowest BCUT2D eigenvalue weighted by atomic mass is 10.1. The molecule has 1 amide bonds. The summed E-state index contributed by atoms with van der Waals surface area (Å²) in [5, 5.41) is 11.2. The molecule has 1 atom stereocenters. The second-order valence-electron chi connectivity index (χ2n) is 6.44. The van der Waals surface area contributed by atoms with Crippen LogP contribution in [0.2, 0.25) is 5.02 Å². The van der Waals surface area contributed by atoms with E-state index < -0.39 is 21.8 Å². The third-order valence-electron chi connectivity index (χ3n) is 4.48. The van der Waals surface area contributed by atoms with Gasteiger partial charge in [0.2, 0.25) is 11.7 Å². The molecule has 1 fully saturated rings. The predicted molar refractivity (Wildman–Crippen MR) is 114 cm³/mol. The Morgan fingerprint density at radius 2 is 1.70 bits per heavy atom. The maximum absolute atomic E-state index is 13.7. The van der Waals surface area contributed by atoms with Crippen LogP contribution in [0.4, 0.5) is 15.8 Å². The van der Waals surface area contributed by atoms with E-state index >= 15 is 0 Å². The Bertz CT molecular complexity index is 1110. The number of carbonyl (C=O) groups is 1. The van der Waals surface area contributed by atoms with Gasteiger partial charge >= 0.3 is 5.69 Å². The van der Waals surface area contributed by atoms with Crippen LogP contribution in [-0.4, -0.2) is 16.6 Å². The van der Waals surface area contributed by atoms with Gasteiger partial charge in [-0.3, -0.25) is 19.8 Å². The summed E-state index contributed by atoms with van der Waals surface area (Å²) in [6, 6.07) is 17.5. The summed E-state index contributed by atoms with van der Waals surface area (Å²) in [5.41, 5.74) is 0.491. The van der Waals surface area contributed by atoms with Crippen molar-refractivity contribution in [2.45, 2.75) is 5.37 Å². The largest absolute Gasteiger partial charge is 0.457 e. The van der Waals surface area contributed by atoms with Crippen molar-refractivity contribution in [1.29, 1.82) is 0 Å². The van der Waals surface area contributed by atoms with Crippen LogP contribution in [0, 0.1) is 15.9 Å². The number of nitrogens with zero attached hydrogens (tertiary/aromatic N) is 2. The Balaban J connectivity index is 1.58. The number of amides is 1. The van der Waals surface area contributed by atoms with Crippen LogP contribution in [0.1, 0.15) is 10.9 Å². The maximum atomic E-state index is 13.7. The van der Waals surface area contributed by atoms with E-state index in [1.807, 2.05) is 0 Å². The van der Waals surface area contributed by atoms with E-state index in [-0.39, 0.29) is 11.7 Å². The summed E-state index contributed by atoms with van der Waals surface area (Å²) < 4.78 is 19.5. The van der Waals surface area contributed by atoms with Crippen molar-refractivity contribution in [3.63, 3.8) is 0 Å². The molecule has 0 aliphatic carbocycles. The zero-order chi connectivity index (χ0) is 21.3. The molecule has 6 nitrogen and oxygen atoms in total. The molecule has 1 unspecified atom stereocenters. The fourth-order valence-corrected chi connectivity index (χ4v) is 4.38. The van der Waals surface area contributed by atoms with E-state index in [1.54, 1.807) is 53.4 Å². The molecule has 30 heavy (non-hydrogen) atoms. The second kappa shape index (κ2) is 8.33. The zero-order valence-electron chi connectivity index (χ0n) is 15.3. The molecule has 0 N–H and O–H groups in total. The third-order valence-corrected chi connectivity index (χ3v) is 5.95. The average molecular weight is 445 g/mol. The predicted octanol–water partition coefficient (Wildman–Crippen LogP) is 5.96. The first kappa shape index (κ1) is 20.2. The number of hydrogen-bond donors (Lipinski definition) is 0. The van der Waals surface area contributed by atoms with Gasteiger partial charge in [0.1, 0.15) is 16.9 Å². The Labute approximate surface area is 180 Å². The minimum absolute atomic E-state index is 0.136. The van der Waals surface area contributed by atoms with Gasteiger partial charge in [-0.25, -0.2) is 0 Å². The molecule has 1 heterocycles.